The van der Waals surface area contributed by atoms with Crippen LogP contribution in [0.15, 0.2) is 0 Å². The molecule has 0 aromatic carbocycles. The molecule has 0 aromatic heterocycles. The Kier molecular flexibility index (Phi) is 9.97. The largest absolute Gasteiger partial charge is 0.0654 e. The van der Waals surface area contributed by atoms with Crippen molar-refractivity contribution in [1.29, 1.82) is 0 Å². The van der Waals surface area contributed by atoms with E-state index in [1.54, 1.807) is 0 Å². The van der Waals surface area contributed by atoms with Crippen LogP contribution in [0.2, 0.25) is 0 Å². The van der Waals surface area contributed by atoms with E-state index in [2.05, 4.69) is 41.5 Å². The molecule has 0 heterocycles. The molecule has 3 atom stereocenters. The van der Waals surface area contributed by atoms with Gasteiger partial charge < -0.3 is 0 Å². The summed E-state index contributed by atoms with van der Waals surface area (Å²) in [5.74, 6) is 3.70. The van der Waals surface area contributed by atoms with Crippen molar-refractivity contribution < 1.29 is 0 Å². The SMILES string of the molecule is CCCCC(C)C(C)CC(C)CC(CC)CC. The summed E-state index contributed by atoms with van der Waals surface area (Å²) < 4.78 is 0. The third kappa shape index (κ3) is 7.84. The molecule has 0 amide bonds. The van der Waals surface area contributed by atoms with E-state index in [0.29, 0.717) is 0 Å². The van der Waals surface area contributed by atoms with Crippen LogP contribution in [0.3, 0.4) is 0 Å². The van der Waals surface area contributed by atoms with Gasteiger partial charge in [-0.2, -0.15) is 0 Å². The summed E-state index contributed by atoms with van der Waals surface area (Å²) in [5.41, 5.74) is 0. The van der Waals surface area contributed by atoms with E-state index in [1.807, 2.05) is 0 Å². The Hall–Kier alpha value is 0. The highest BCUT2D eigenvalue weighted by molar-refractivity contribution is 4.68. The highest BCUT2D eigenvalue weighted by Crippen LogP contribution is 2.28. The molecule has 0 spiro atoms. The summed E-state index contributed by atoms with van der Waals surface area (Å²) in [6.45, 7) is 14.4. The Labute approximate surface area is 111 Å². The van der Waals surface area contributed by atoms with E-state index in [0.717, 1.165) is 23.7 Å². The van der Waals surface area contributed by atoms with Gasteiger partial charge in [-0.3, -0.25) is 0 Å². The first kappa shape index (κ1) is 17.0. The summed E-state index contributed by atoms with van der Waals surface area (Å²) in [7, 11) is 0. The molecular formula is C17H36. The van der Waals surface area contributed by atoms with E-state index in [4.69, 9.17) is 0 Å². The summed E-state index contributed by atoms with van der Waals surface area (Å²) in [4.78, 5) is 0. The zero-order valence-electron chi connectivity index (χ0n) is 13.3. The average Bonchev–Trinajstić information content (AvgIpc) is 2.32. The van der Waals surface area contributed by atoms with Crippen LogP contribution in [0.4, 0.5) is 0 Å². The molecule has 104 valence electrons. The van der Waals surface area contributed by atoms with Gasteiger partial charge in [-0.25, -0.2) is 0 Å². The monoisotopic (exact) mass is 240 g/mol. The first-order valence-electron chi connectivity index (χ1n) is 8.04. The number of hydrogen-bond donors (Lipinski definition) is 0. The molecule has 17 heavy (non-hydrogen) atoms. The zero-order valence-corrected chi connectivity index (χ0v) is 13.3. The van der Waals surface area contributed by atoms with E-state index in [-0.39, 0.29) is 0 Å². The third-order valence-corrected chi connectivity index (χ3v) is 4.65. The van der Waals surface area contributed by atoms with Crippen molar-refractivity contribution in [2.75, 3.05) is 0 Å². The Bertz CT molecular complexity index is 157. The topological polar surface area (TPSA) is 0 Å². The van der Waals surface area contributed by atoms with Crippen molar-refractivity contribution in [3.05, 3.63) is 0 Å². The second kappa shape index (κ2) is 9.97. The van der Waals surface area contributed by atoms with Gasteiger partial charge in [0.2, 0.25) is 0 Å². The molecule has 0 N–H and O–H groups in total. The predicted molar refractivity (Wildman–Crippen MR) is 80.3 cm³/mol. The standard InChI is InChI=1S/C17H36/c1-7-10-11-15(5)16(6)12-14(4)13-17(8-2)9-3/h14-17H,7-13H2,1-6H3. The van der Waals surface area contributed by atoms with Crippen LogP contribution in [0.1, 0.15) is 86.5 Å². The van der Waals surface area contributed by atoms with Gasteiger partial charge in [0.05, 0.1) is 0 Å². The van der Waals surface area contributed by atoms with Gasteiger partial charge in [0, 0.05) is 0 Å². The molecule has 0 aliphatic heterocycles. The molecule has 0 bridgehead atoms. The molecule has 0 radical (unpaired) electrons. The zero-order chi connectivity index (χ0) is 13.3. The van der Waals surface area contributed by atoms with Gasteiger partial charge in [0.15, 0.2) is 0 Å². The van der Waals surface area contributed by atoms with E-state index < -0.39 is 0 Å². The summed E-state index contributed by atoms with van der Waals surface area (Å²) in [5, 5.41) is 0. The van der Waals surface area contributed by atoms with Gasteiger partial charge in [-0.15, -0.1) is 0 Å². The molecule has 0 saturated heterocycles. The van der Waals surface area contributed by atoms with Crippen LogP contribution in [-0.4, -0.2) is 0 Å². The smallest absolute Gasteiger partial charge is 0.0414 e. The Morgan fingerprint density at radius 2 is 1.35 bits per heavy atom. The maximum absolute atomic E-state index is 2.46. The molecule has 0 aliphatic rings. The summed E-state index contributed by atoms with van der Waals surface area (Å²) >= 11 is 0. The van der Waals surface area contributed by atoms with Crippen molar-refractivity contribution in [2.24, 2.45) is 23.7 Å². The highest BCUT2D eigenvalue weighted by Gasteiger charge is 2.17. The molecule has 0 fully saturated rings. The second-order valence-electron chi connectivity index (χ2n) is 6.36. The number of hydrogen-bond acceptors (Lipinski definition) is 0. The predicted octanol–water partition coefficient (Wildman–Crippen LogP) is 6.30. The first-order valence-corrected chi connectivity index (χ1v) is 8.04. The second-order valence-corrected chi connectivity index (χ2v) is 6.36. The molecule has 0 rings (SSSR count). The van der Waals surface area contributed by atoms with Gasteiger partial charge in [-0.05, 0) is 36.5 Å². The molecule has 0 aromatic rings. The third-order valence-electron chi connectivity index (χ3n) is 4.65. The lowest BCUT2D eigenvalue weighted by Crippen LogP contribution is -2.14. The average molecular weight is 240 g/mol. The molecule has 0 saturated carbocycles. The van der Waals surface area contributed by atoms with E-state index in [9.17, 15) is 0 Å². The minimum atomic E-state index is 0.908. The Balaban J connectivity index is 3.88. The fraction of sp³-hybridized carbons (Fsp3) is 1.00. The van der Waals surface area contributed by atoms with E-state index in [1.165, 1.54) is 44.9 Å². The lowest BCUT2D eigenvalue weighted by atomic mass is 9.81. The van der Waals surface area contributed by atoms with Crippen LogP contribution >= 0.6 is 0 Å². The molecule has 0 heteroatoms. The molecule has 0 nitrogen and oxygen atoms in total. The Morgan fingerprint density at radius 3 is 1.82 bits per heavy atom. The minimum Gasteiger partial charge on any atom is -0.0654 e. The van der Waals surface area contributed by atoms with Crippen molar-refractivity contribution in [3.8, 4) is 0 Å². The first-order chi connectivity index (χ1) is 8.04. The normalized spacial score (nSPS) is 17.1. The highest BCUT2D eigenvalue weighted by atomic mass is 14.2. The van der Waals surface area contributed by atoms with Crippen molar-refractivity contribution >= 4 is 0 Å². The van der Waals surface area contributed by atoms with Crippen LogP contribution in [-0.2, 0) is 0 Å². The number of unbranched alkanes of at least 4 members (excludes halogenated alkanes) is 1. The number of rotatable bonds is 10. The fourth-order valence-electron chi connectivity index (χ4n) is 2.96. The molecular weight excluding hydrogens is 204 g/mol. The molecule has 0 aliphatic carbocycles. The van der Waals surface area contributed by atoms with Crippen LogP contribution in [0.5, 0.6) is 0 Å². The summed E-state index contributed by atoms with van der Waals surface area (Å²) in [6.07, 6.45) is 9.78. The van der Waals surface area contributed by atoms with Gasteiger partial charge in [0.1, 0.15) is 0 Å². The van der Waals surface area contributed by atoms with E-state index >= 15 is 0 Å². The Morgan fingerprint density at radius 1 is 0.765 bits per heavy atom. The maximum Gasteiger partial charge on any atom is -0.0414 e. The molecule has 3 unspecified atom stereocenters. The summed E-state index contributed by atoms with van der Waals surface area (Å²) in [6, 6.07) is 0. The van der Waals surface area contributed by atoms with Crippen molar-refractivity contribution in [1.82, 2.24) is 0 Å². The van der Waals surface area contributed by atoms with Crippen LogP contribution in [0, 0.1) is 23.7 Å². The van der Waals surface area contributed by atoms with Gasteiger partial charge in [-0.1, -0.05) is 73.6 Å². The lowest BCUT2D eigenvalue weighted by molar-refractivity contribution is 0.261. The van der Waals surface area contributed by atoms with Gasteiger partial charge >= 0.3 is 0 Å². The lowest BCUT2D eigenvalue weighted by Gasteiger charge is -2.25. The minimum absolute atomic E-state index is 0.908. The van der Waals surface area contributed by atoms with Crippen LogP contribution in [0.25, 0.3) is 0 Å². The quantitative estimate of drug-likeness (QED) is 0.420. The van der Waals surface area contributed by atoms with Crippen molar-refractivity contribution in [3.63, 3.8) is 0 Å². The van der Waals surface area contributed by atoms with Crippen molar-refractivity contribution in [2.45, 2.75) is 86.5 Å². The maximum atomic E-state index is 2.46. The van der Waals surface area contributed by atoms with Crippen LogP contribution < -0.4 is 0 Å². The fourth-order valence-corrected chi connectivity index (χ4v) is 2.96. The van der Waals surface area contributed by atoms with Gasteiger partial charge in [0.25, 0.3) is 0 Å².